The molecule has 1 amide bonds. The van der Waals surface area contributed by atoms with Gasteiger partial charge in [-0.15, -0.1) is 0 Å². The van der Waals surface area contributed by atoms with Crippen molar-refractivity contribution in [1.82, 2.24) is 0 Å². The van der Waals surface area contributed by atoms with E-state index in [1.807, 2.05) is 0 Å². The second kappa shape index (κ2) is 6.70. The largest absolute Gasteiger partial charge is 0.476 e. The number of anilines is 3. The SMILES string of the molecule is CC1(C)Oc2cc(NS(C)(=O)=O)ccc2N(c2ccc(Cl)c(CO)c2)C1=O. The maximum atomic E-state index is 13.0. The second-order valence-corrected chi connectivity index (χ2v) is 8.90. The van der Waals surface area contributed by atoms with Crippen LogP contribution in [0.5, 0.6) is 5.75 Å². The van der Waals surface area contributed by atoms with Crippen molar-refractivity contribution in [3.05, 3.63) is 47.0 Å². The molecule has 0 fully saturated rings. The van der Waals surface area contributed by atoms with Crippen LogP contribution in [0.3, 0.4) is 0 Å². The van der Waals surface area contributed by atoms with E-state index < -0.39 is 15.6 Å². The van der Waals surface area contributed by atoms with Crippen molar-refractivity contribution < 1.29 is 23.1 Å². The van der Waals surface area contributed by atoms with Gasteiger partial charge in [0.1, 0.15) is 5.75 Å². The number of hydrogen-bond acceptors (Lipinski definition) is 5. The third-order valence-corrected chi connectivity index (χ3v) is 5.02. The Kier molecular flexibility index (Phi) is 4.83. The molecule has 1 aliphatic heterocycles. The van der Waals surface area contributed by atoms with Gasteiger partial charge >= 0.3 is 0 Å². The summed E-state index contributed by atoms with van der Waals surface area (Å²) in [5, 5.41) is 9.87. The molecule has 9 heteroatoms. The minimum atomic E-state index is -3.45. The van der Waals surface area contributed by atoms with Gasteiger partial charge < -0.3 is 9.84 Å². The molecule has 0 spiro atoms. The van der Waals surface area contributed by atoms with Gasteiger partial charge in [-0.05, 0) is 49.7 Å². The van der Waals surface area contributed by atoms with Gasteiger partial charge in [0.05, 0.1) is 24.2 Å². The van der Waals surface area contributed by atoms with E-state index in [4.69, 9.17) is 16.3 Å². The lowest BCUT2D eigenvalue weighted by Crippen LogP contribution is -2.50. The van der Waals surface area contributed by atoms with Gasteiger partial charge in [0.25, 0.3) is 5.91 Å². The summed E-state index contributed by atoms with van der Waals surface area (Å²) >= 11 is 6.06. The van der Waals surface area contributed by atoms with Crippen molar-refractivity contribution in [2.24, 2.45) is 0 Å². The van der Waals surface area contributed by atoms with Gasteiger partial charge in [-0.2, -0.15) is 0 Å². The van der Waals surface area contributed by atoms with Crippen molar-refractivity contribution in [2.75, 3.05) is 15.9 Å². The molecule has 3 rings (SSSR count). The van der Waals surface area contributed by atoms with Crippen LogP contribution in [0, 0.1) is 0 Å². The van der Waals surface area contributed by atoms with Crippen molar-refractivity contribution in [3.8, 4) is 5.75 Å². The molecule has 0 atom stereocenters. The number of rotatable bonds is 4. The highest BCUT2D eigenvalue weighted by Gasteiger charge is 2.42. The smallest absolute Gasteiger partial charge is 0.275 e. The monoisotopic (exact) mass is 410 g/mol. The summed E-state index contributed by atoms with van der Waals surface area (Å²) in [5.74, 6) is 0.0544. The van der Waals surface area contributed by atoms with Crippen molar-refractivity contribution in [1.29, 1.82) is 0 Å². The Hall–Kier alpha value is -2.29. The minimum absolute atomic E-state index is 0.265. The standard InChI is InChI=1S/C18H19ClN2O5S/c1-18(2)17(23)21(13-5-6-14(19)11(8-13)10-22)15-7-4-12(9-16(15)26-18)20-27(3,24)25/h4-9,20,22H,10H2,1-3H3. The molecular formula is C18H19ClN2O5S. The van der Waals surface area contributed by atoms with E-state index in [2.05, 4.69) is 4.72 Å². The van der Waals surface area contributed by atoms with E-state index in [0.29, 0.717) is 33.4 Å². The van der Waals surface area contributed by atoms with Crippen LogP contribution in [0.4, 0.5) is 17.1 Å². The van der Waals surface area contributed by atoms with E-state index >= 15 is 0 Å². The summed E-state index contributed by atoms with van der Waals surface area (Å²) < 4.78 is 31.2. The number of benzene rings is 2. The Morgan fingerprint density at radius 2 is 1.93 bits per heavy atom. The van der Waals surface area contributed by atoms with E-state index in [1.54, 1.807) is 44.2 Å². The van der Waals surface area contributed by atoms with Gasteiger partial charge in [0, 0.05) is 16.8 Å². The van der Waals surface area contributed by atoms with E-state index in [1.165, 1.54) is 11.0 Å². The highest BCUT2D eigenvalue weighted by Crippen LogP contribution is 2.43. The lowest BCUT2D eigenvalue weighted by Gasteiger charge is -2.39. The fraction of sp³-hybridized carbons (Fsp3) is 0.278. The van der Waals surface area contributed by atoms with E-state index in [0.717, 1.165) is 6.26 Å². The number of halogens is 1. The highest BCUT2D eigenvalue weighted by molar-refractivity contribution is 7.92. The molecule has 0 aromatic heterocycles. The molecule has 2 aromatic carbocycles. The van der Waals surface area contributed by atoms with Gasteiger partial charge in [0.2, 0.25) is 10.0 Å². The molecule has 2 aromatic rings. The zero-order chi connectivity index (χ0) is 20.0. The summed E-state index contributed by atoms with van der Waals surface area (Å²) in [6, 6.07) is 9.59. The lowest BCUT2D eigenvalue weighted by atomic mass is 10.0. The number of sulfonamides is 1. The molecule has 7 nitrogen and oxygen atoms in total. The first-order valence-corrected chi connectivity index (χ1v) is 10.3. The number of carbonyl (C=O) groups excluding carboxylic acids is 1. The molecule has 1 aliphatic rings. The van der Waals surface area contributed by atoms with Gasteiger partial charge in [0.15, 0.2) is 5.60 Å². The number of carbonyl (C=O) groups is 1. The lowest BCUT2D eigenvalue weighted by molar-refractivity contribution is -0.131. The number of hydrogen-bond donors (Lipinski definition) is 2. The van der Waals surface area contributed by atoms with Gasteiger partial charge in [-0.1, -0.05) is 11.6 Å². The summed E-state index contributed by atoms with van der Waals surface area (Å²) in [6.07, 6.45) is 1.05. The molecule has 0 aliphatic carbocycles. The predicted molar refractivity (Wildman–Crippen MR) is 104 cm³/mol. The first kappa shape index (κ1) is 19.5. The minimum Gasteiger partial charge on any atom is -0.476 e. The Bertz CT molecular complexity index is 1020. The average Bonchev–Trinajstić information content (AvgIpc) is 2.55. The number of ether oxygens (including phenoxy) is 1. The maximum absolute atomic E-state index is 13.0. The third-order valence-electron chi connectivity index (χ3n) is 4.05. The Labute approximate surface area is 162 Å². The number of fused-ring (bicyclic) bond motifs is 1. The van der Waals surface area contributed by atoms with Crippen molar-refractivity contribution in [2.45, 2.75) is 26.1 Å². The van der Waals surface area contributed by atoms with Crippen LogP contribution in [-0.4, -0.2) is 31.3 Å². The fourth-order valence-corrected chi connectivity index (χ4v) is 3.57. The van der Waals surface area contributed by atoms with Crippen LogP contribution >= 0.6 is 11.6 Å². The zero-order valence-electron chi connectivity index (χ0n) is 15.0. The van der Waals surface area contributed by atoms with Crippen LogP contribution in [0.1, 0.15) is 19.4 Å². The Balaban J connectivity index is 2.14. The summed E-state index contributed by atoms with van der Waals surface area (Å²) in [7, 11) is -3.45. The number of aliphatic hydroxyl groups is 1. The molecule has 144 valence electrons. The zero-order valence-corrected chi connectivity index (χ0v) is 16.6. The summed E-state index contributed by atoms with van der Waals surface area (Å²) in [5.41, 5.74) is 0.631. The number of amides is 1. The number of nitrogens with zero attached hydrogens (tertiary/aromatic N) is 1. The normalized spacial score (nSPS) is 15.9. The molecule has 2 N–H and O–H groups in total. The topological polar surface area (TPSA) is 95.9 Å². The fourth-order valence-electron chi connectivity index (χ4n) is 2.83. The summed E-state index contributed by atoms with van der Waals surface area (Å²) in [4.78, 5) is 14.5. The van der Waals surface area contributed by atoms with Gasteiger partial charge in [-0.25, -0.2) is 8.42 Å². The van der Waals surface area contributed by atoms with E-state index in [-0.39, 0.29) is 12.5 Å². The van der Waals surface area contributed by atoms with Gasteiger partial charge in [-0.3, -0.25) is 14.4 Å². The Morgan fingerprint density at radius 1 is 1.22 bits per heavy atom. The molecular weight excluding hydrogens is 392 g/mol. The average molecular weight is 411 g/mol. The molecule has 27 heavy (non-hydrogen) atoms. The second-order valence-electron chi connectivity index (χ2n) is 6.74. The third kappa shape index (κ3) is 3.87. The number of nitrogens with one attached hydrogen (secondary N) is 1. The molecule has 0 saturated carbocycles. The van der Waals surface area contributed by atoms with Crippen LogP contribution < -0.4 is 14.4 Å². The quantitative estimate of drug-likeness (QED) is 0.807. The molecule has 1 heterocycles. The van der Waals surface area contributed by atoms with Crippen LogP contribution in [-0.2, 0) is 21.4 Å². The summed E-state index contributed by atoms with van der Waals surface area (Å²) in [6.45, 7) is 2.99. The first-order chi connectivity index (χ1) is 12.5. The van der Waals surface area contributed by atoms with Crippen LogP contribution in [0.2, 0.25) is 5.02 Å². The van der Waals surface area contributed by atoms with Crippen LogP contribution in [0.15, 0.2) is 36.4 Å². The predicted octanol–water partition coefficient (Wildman–Crippen LogP) is 3.04. The van der Waals surface area contributed by atoms with Crippen molar-refractivity contribution in [3.63, 3.8) is 0 Å². The van der Waals surface area contributed by atoms with E-state index in [9.17, 15) is 18.3 Å². The maximum Gasteiger partial charge on any atom is 0.275 e. The Morgan fingerprint density at radius 3 is 2.56 bits per heavy atom. The highest BCUT2D eigenvalue weighted by atomic mass is 35.5. The number of aliphatic hydroxyl groups excluding tert-OH is 1. The molecule has 0 bridgehead atoms. The molecule has 0 unspecified atom stereocenters. The van der Waals surface area contributed by atoms with Crippen molar-refractivity contribution >= 4 is 44.6 Å². The first-order valence-electron chi connectivity index (χ1n) is 8.06. The molecule has 0 saturated heterocycles. The molecule has 0 radical (unpaired) electrons. The van der Waals surface area contributed by atoms with Crippen LogP contribution in [0.25, 0.3) is 0 Å².